The Hall–Kier alpha value is -1.94. The number of ether oxygens (including phenoxy) is 1. The predicted molar refractivity (Wildman–Crippen MR) is 101 cm³/mol. The predicted octanol–water partition coefficient (Wildman–Crippen LogP) is 4.86. The molecule has 132 valence electrons. The Morgan fingerprint density at radius 2 is 2.00 bits per heavy atom. The van der Waals surface area contributed by atoms with E-state index in [2.05, 4.69) is 13.8 Å². The van der Waals surface area contributed by atoms with E-state index in [0.717, 1.165) is 19.3 Å². The zero-order valence-corrected chi connectivity index (χ0v) is 15.8. The lowest BCUT2D eigenvalue weighted by Gasteiger charge is -2.16. The molecule has 1 aromatic carbocycles. The lowest BCUT2D eigenvalue weighted by atomic mass is 9.90. The number of Topliss-reactive ketones (excluding diaryl/α,β-unsaturated/α-hetero) is 1. The summed E-state index contributed by atoms with van der Waals surface area (Å²) < 4.78 is 5.44. The fourth-order valence-corrected chi connectivity index (χ4v) is 4.31. The van der Waals surface area contributed by atoms with Crippen LogP contribution in [-0.2, 0) is 24.0 Å². The SMILES string of the molecule is CCc1ccc(C(=O)[C@H](C)OC(=O)c2cc3c(s2)CC[C@H](C)C3)cc1. The van der Waals surface area contributed by atoms with Crippen molar-refractivity contribution in [3.8, 4) is 0 Å². The number of carbonyl (C=O) groups is 2. The van der Waals surface area contributed by atoms with E-state index in [1.807, 2.05) is 18.2 Å². The third-order valence-corrected chi connectivity index (χ3v) is 6.05. The molecule has 1 heterocycles. The van der Waals surface area contributed by atoms with Gasteiger partial charge in [-0.1, -0.05) is 38.1 Å². The summed E-state index contributed by atoms with van der Waals surface area (Å²) in [5, 5.41) is 0. The largest absolute Gasteiger partial charge is 0.450 e. The number of thiophene rings is 1. The van der Waals surface area contributed by atoms with Crippen LogP contribution < -0.4 is 0 Å². The van der Waals surface area contributed by atoms with Crippen molar-refractivity contribution in [3.05, 3.63) is 56.8 Å². The van der Waals surface area contributed by atoms with E-state index in [0.29, 0.717) is 16.4 Å². The minimum atomic E-state index is -0.780. The zero-order valence-electron chi connectivity index (χ0n) is 15.0. The molecule has 25 heavy (non-hydrogen) atoms. The van der Waals surface area contributed by atoms with Gasteiger partial charge in [-0.05, 0) is 55.7 Å². The number of esters is 1. The molecular weight excluding hydrogens is 332 g/mol. The van der Waals surface area contributed by atoms with Crippen LogP contribution in [0.4, 0.5) is 0 Å². The number of hydrogen-bond acceptors (Lipinski definition) is 4. The summed E-state index contributed by atoms with van der Waals surface area (Å²) in [6, 6.07) is 9.44. The maximum atomic E-state index is 12.5. The third-order valence-electron chi connectivity index (χ3n) is 4.83. The molecule has 0 spiro atoms. The summed E-state index contributed by atoms with van der Waals surface area (Å²) >= 11 is 1.51. The molecule has 0 fully saturated rings. The van der Waals surface area contributed by atoms with Crippen LogP contribution in [0.15, 0.2) is 30.3 Å². The van der Waals surface area contributed by atoms with Crippen molar-refractivity contribution in [1.29, 1.82) is 0 Å². The molecule has 0 bridgehead atoms. The Balaban J connectivity index is 1.66. The van der Waals surface area contributed by atoms with E-state index in [-0.39, 0.29) is 5.78 Å². The lowest BCUT2D eigenvalue weighted by Crippen LogP contribution is -2.24. The van der Waals surface area contributed by atoms with E-state index >= 15 is 0 Å². The molecule has 0 N–H and O–H groups in total. The second-order valence-electron chi connectivity index (χ2n) is 6.87. The molecule has 2 atom stereocenters. The van der Waals surface area contributed by atoms with Crippen LogP contribution in [0.3, 0.4) is 0 Å². The number of aryl methyl sites for hydroxylation is 2. The molecule has 4 heteroatoms. The third kappa shape index (κ3) is 4.01. The maximum Gasteiger partial charge on any atom is 0.349 e. The molecule has 1 aliphatic carbocycles. The van der Waals surface area contributed by atoms with Crippen molar-refractivity contribution < 1.29 is 14.3 Å². The monoisotopic (exact) mass is 356 g/mol. The van der Waals surface area contributed by atoms with Crippen LogP contribution in [0, 0.1) is 5.92 Å². The van der Waals surface area contributed by atoms with Gasteiger partial charge in [0.05, 0.1) is 0 Å². The normalized spacial score (nSPS) is 17.6. The van der Waals surface area contributed by atoms with Crippen molar-refractivity contribution in [2.75, 3.05) is 0 Å². The standard InChI is InChI=1S/C21H24O3S/c1-4-15-6-8-16(9-7-15)20(22)14(3)24-21(23)19-12-17-11-13(2)5-10-18(17)25-19/h6-9,12-14H,4-5,10-11H2,1-3H3/t13-,14-/m0/s1. The van der Waals surface area contributed by atoms with E-state index in [1.54, 1.807) is 19.1 Å². The Labute approximate surface area is 153 Å². The maximum absolute atomic E-state index is 12.5. The Bertz CT molecular complexity index is 773. The summed E-state index contributed by atoms with van der Waals surface area (Å²) in [6.07, 6.45) is 3.38. The minimum absolute atomic E-state index is 0.161. The second-order valence-corrected chi connectivity index (χ2v) is 8.01. The smallest absolute Gasteiger partial charge is 0.349 e. The van der Waals surface area contributed by atoms with E-state index in [4.69, 9.17) is 4.74 Å². The molecule has 0 saturated carbocycles. The number of carbonyl (C=O) groups excluding carboxylic acids is 2. The molecule has 1 aromatic heterocycles. The summed E-state index contributed by atoms with van der Waals surface area (Å²) in [6.45, 7) is 5.95. The molecule has 0 aliphatic heterocycles. The van der Waals surface area contributed by atoms with Gasteiger partial charge >= 0.3 is 5.97 Å². The van der Waals surface area contributed by atoms with Crippen LogP contribution in [0.1, 0.15) is 63.2 Å². The molecule has 2 aromatic rings. The lowest BCUT2D eigenvalue weighted by molar-refractivity contribution is 0.0323. The highest BCUT2D eigenvalue weighted by molar-refractivity contribution is 7.14. The first-order valence-electron chi connectivity index (χ1n) is 8.93. The molecule has 0 unspecified atom stereocenters. The first kappa shape index (κ1) is 17.9. The average Bonchev–Trinajstić information content (AvgIpc) is 3.04. The molecular formula is C21H24O3S. The van der Waals surface area contributed by atoms with Gasteiger partial charge < -0.3 is 4.74 Å². The van der Waals surface area contributed by atoms with Crippen LogP contribution >= 0.6 is 11.3 Å². The molecule has 3 rings (SSSR count). The minimum Gasteiger partial charge on any atom is -0.450 e. The first-order chi connectivity index (χ1) is 12.0. The van der Waals surface area contributed by atoms with E-state index < -0.39 is 12.1 Å². The van der Waals surface area contributed by atoms with Gasteiger partial charge in [-0.2, -0.15) is 0 Å². The molecule has 0 radical (unpaired) electrons. The summed E-state index contributed by atoms with van der Waals surface area (Å²) in [4.78, 5) is 26.8. The van der Waals surface area contributed by atoms with Crippen LogP contribution in [0.25, 0.3) is 0 Å². The number of benzene rings is 1. The van der Waals surface area contributed by atoms with E-state index in [9.17, 15) is 9.59 Å². The van der Waals surface area contributed by atoms with Crippen molar-refractivity contribution in [2.45, 2.75) is 52.6 Å². The van der Waals surface area contributed by atoms with Gasteiger partial charge in [-0.15, -0.1) is 11.3 Å². The van der Waals surface area contributed by atoms with Crippen molar-refractivity contribution in [1.82, 2.24) is 0 Å². The Morgan fingerprint density at radius 3 is 2.68 bits per heavy atom. The summed E-state index contributed by atoms with van der Waals surface area (Å²) in [5.74, 6) is 0.113. The molecule has 3 nitrogen and oxygen atoms in total. The first-order valence-corrected chi connectivity index (χ1v) is 9.75. The van der Waals surface area contributed by atoms with Crippen LogP contribution in [0.5, 0.6) is 0 Å². The van der Waals surface area contributed by atoms with Crippen LogP contribution in [0.2, 0.25) is 0 Å². The number of hydrogen-bond donors (Lipinski definition) is 0. The van der Waals surface area contributed by atoms with E-state index in [1.165, 1.54) is 33.8 Å². The fraction of sp³-hybridized carbons (Fsp3) is 0.429. The van der Waals surface area contributed by atoms with Gasteiger partial charge in [-0.3, -0.25) is 4.79 Å². The molecule has 1 aliphatic rings. The van der Waals surface area contributed by atoms with Gasteiger partial charge in [0.1, 0.15) is 4.88 Å². The van der Waals surface area contributed by atoms with Crippen LogP contribution in [-0.4, -0.2) is 17.9 Å². The average molecular weight is 356 g/mol. The highest BCUT2D eigenvalue weighted by atomic mass is 32.1. The summed E-state index contributed by atoms with van der Waals surface area (Å²) in [5.41, 5.74) is 3.03. The van der Waals surface area contributed by atoms with Crippen molar-refractivity contribution in [2.24, 2.45) is 5.92 Å². The van der Waals surface area contributed by atoms with Gasteiger partial charge in [0, 0.05) is 10.4 Å². The Kier molecular flexibility index (Phi) is 5.38. The van der Waals surface area contributed by atoms with Crippen molar-refractivity contribution in [3.63, 3.8) is 0 Å². The highest BCUT2D eigenvalue weighted by Gasteiger charge is 2.24. The fourth-order valence-electron chi connectivity index (χ4n) is 3.22. The number of rotatable bonds is 5. The number of fused-ring (bicyclic) bond motifs is 1. The molecule has 0 saturated heterocycles. The quantitative estimate of drug-likeness (QED) is 0.567. The second kappa shape index (κ2) is 7.52. The van der Waals surface area contributed by atoms with Crippen molar-refractivity contribution >= 4 is 23.1 Å². The van der Waals surface area contributed by atoms with Gasteiger partial charge in [0.2, 0.25) is 5.78 Å². The van der Waals surface area contributed by atoms with Gasteiger partial charge in [-0.25, -0.2) is 4.79 Å². The zero-order chi connectivity index (χ0) is 18.0. The molecule has 0 amide bonds. The van der Waals surface area contributed by atoms with Gasteiger partial charge in [0.15, 0.2) is 6.10 Å². The highest BCUT2D eigenvalue weighted by Crippen LogP contribution is 2.32. The Morgan fingerprint density at radius 1 is 1.28 bits per heavy atom. The van der Waals surface area contributed by atoms with Gasteiger partial charge in [0.25, 0.3) is 0 Å². The topological polar surface area (TPSA) is 43.4 Å². The summed E-state index contributed by atoms with van der Waals surface area (Å²) in [7, 11) is 0. The number of ketones is 1.